The lowest BCUT2D eigenvalue weighted by Crippen LogP contribution is -2.15. The first kappa shape index (κ1) is 14.8. The molecule has 1 nitrogen and oxygen atoms in total. The minimum atomic E-state index is -0.0962. The topological polar surface area (TPSA) is 20.2 Å². The molecule has 1 aliphatic carbocycles. The van der Waals surface area contributed by atoms with Crippen molar-refractivity contribution in [2.75, 3.05) is 0 Å². The van der Waals surface area contributed by atoms with Gasteiger partial charge in [0.1, 0.15) is 0 Å². The maximum atomic E-state index is 10.2. The molecular weight excluding hydrogens is 208 g/mol. The molecule has 0 aromatic carbocycles. The number of hydrogen-bond donors (Lipinski definition) is 1. The minimum Gasteiger partial charge on any atom is -0.393 e. The van der Waals surface area contributed by atoms with E-state index in [-0.39, 0.29) is 6.10 Å². The van der Waals surface area contributed by atoms with Crippen LogP contribution in [0.4, 0.5) is 0 Å². The van der Waals surface area contributed by atoms with E-state index in [4.69, 9.17) is 0 Å². The van der Waals surface area contributed by atoms with Crippen molar-refractivity contribution in [2.45, 2.75) is 84.2 Å². The lowest BCUT2D eigenvalue weighted by atomic mass is 9.88. The number of rotatable bonds is 8. The molecule has 1 N–H and O–H groups in total. The van der Waals surface area contributed by atoms with Gasteiger partial charge in [0.15, 0.2) is 0 Å². The van der Waals surface area contributed by atoms with Crippen LogP contribution in [0.5, 0.6) is 0 Å². The van der Waals surface area contributed by atoms with Crippen LogP contribution in [0.3, 0.4) is 0 Å². The van der Waals surface area contributed by atoms with Crippen molar-refractivity contribution in [1.82, 2.24) is 0 Å². The highest BCUT2D eigenvalue weighted by Crippen LogP contribution is 2.25. The molecule has 1 aliphatic rings. The van der Waals surface area contributed by atoms with Crippen LogP contribution in [0.25, 0.3) is 0 Å². The highest BCUT2D eigenvalue weighted by molar-refractivity contribution is 5.06. The van der Waals surface area contributed by atoms with Gasteiger partial charge in [-0.15, -0.1) is 0 Å². The third-order valence-electron chi connectivity index (χ3n) is 4.03. The van der Waals surface area contributed by atoms with Crippen molar-refractivity contribution >= 4 is 0 Å². The maximum Gasteiger partial charge on any atom is 0.0580 e. The molecule has 0 heterocycles. The first-order valence-corrected chi connectivity index (χ1v) is 7.62. The molecule has 0 aromatic heterocycles. The zero-order chi connectivity index (χ0) is 12.5. The Bertz CT molecular complexity index is 220. The zero-order valence-electron chi connectivity index (χ0n) is 11.8. The van der Waals surface area contributed by atoms with E-state index in [1.54, 1.807) is 0 Å². The predicted octanol–water partition coefficient (Wildman–Crippen LogP) is 4.84. The van der Waals surface area contributed by atoms with E-state index >= 15 is 0 Å². The first-order chi connectivity index (χ1) is 8.26. The van der Waals surface area contributed by atoms with Gasteiger partial charge < -0.3 is 5.11 Å². The van der Waals surface area contributed by atoms with E-state index in [1.807, 2.05) is 0 Å². The Morgan fingerprint density at radius 2 is 2.12 bits per heavy atom. The third kappa shape index (κ3) is 6.26. The van der Waals surface area contributed by atoms with Crippen molar-refractivity contribution in [1.29, 1.82) is 0 Å². The highest BCUT2D eigenvalue weighted by Gasteiger charge is 2.15. The van der Waals surface area contributed by atoms with Crippen LogP contribution in [-0.4, -0.2) is 11.2 Å². The standard InChI is InChI=1S/C16H30O/c1-3-5-9-14(4-2)12-16(17)13-15-10-7-6-8-11-15/h10,14,16-17H,3-9,11-13H2,1-2H3. The van der Waals surface area contributed by atoms with Gasteiger partial charge in [-0.1, -0.05) is 51.2 Å². The van der Waals surface area contributed by atoms with Crippen LogP contribution in [0, 0.1) is 5.92 Å². The second-order valence-electron chi connectivity index (χ2n) is 5.62. The Morgan fingerprint density at radius 3 is 2.71 bits per heavy atom. The predicted molar refractivity (Wildman–Crippen MR) is 75.1 cm³/mol. The Labute approximate surface area is 107 Å². The quantitative estimate of drug-likeness (QED) is 0.600. The molecule has 0 spiro atoms. The van der Waals surface area contributed by atoms with Gasteiger partial charge in [-0.2, -0.15) is 0 Å². The van der Waals surface area contributed by atoms with Crippen molar-refractivity contribution in [3.8, 4) is 0 Å². The fourth-order valence-corrected chi connectivity index (χ4v) is 2.84. The van der Waals surface area contributed by atoms with Gasteiger partial charge in [0.2, 0.25) is 0 Å². The molecule has 0 saturated heterocycles. The van der Waals surface area contributed by atoms with Crippen LogP contribution in [0.15, 0.2) is 11.6 Å². The lowest BCUT2D eigenvalue weighted by molar-refractivity contribution is 0.136. The molecule has 2 atom stereocenters. The molecule has 1 rings (SSSR count). The molecule has 0 fully saturated rings. The van der Waals surface area contributed by atoms with Gasteiger partial charge in [-0.25, -0.2) is 0 Å². The van der Waals surface area contributed by atoms with Crippen LogP contribution >= 0.6 is 0 Å². The summed E-state index contributed by atoms with van der Waals surface area (Å²) in [5.41, 5.74) is 1.51. The fraction of sp³-hybridized carbons (Fsp3) is 0.875. The van der Waals surface area contributed by atoms with Crippen LogP contribution in [0.1, 0.15) is 78.1 Å². The monoisotopic (exact) mass is 238 g/mol. The van der Waals surface area contributed by atoms with E-state index in [2.05, 4.69) is 19.9 Å². The van der Waals surface area contributed by atoms with Crippen molar-refractivity contribution in [3.05, 3.63) is 11.6 Å². The maximum absolute atomic E-state index is 10.2. The molecule has 0 bridgehead atoms. The Kier molecular flexibility index (Phi) is 7.59. The van der Waals surface area contributed by atoms with Crippen molar-refractivity contribution in [2.24, 2.45) is 5.92 Å². The summed E-state index contributed by atoms with van der Waals surface area (Å²) in [4.78, 5) is 0. The average molecular weight is 238 g/mol. The van der Waals surface area contributed by atoms with E-state index < -0.39 is 0 Å². The van der Waals surface area contributed by atoms with Crippen LogP contribution in [0.2, 0.25) is 0 Å². The second kappa shape index (κ2) is 8.74. The highest BCUT2D eigenvalue weighted by atomic mass is 16.3. The summed E-state index contributed by atoms with van der Waals surface area (Å²) >= 11 is 0. The normalized spacial score (nSPS) is 19.8. The van der Waals surface area contributed by atoms with Gasteiger partial charge in [-0.05, 0) is 44.4 Å². The fourth-order valence-electron chi connectivity index (χ4n) is 2.84. The van der Waals surface area contributed by atoms with Gasteiger partial charge >= 0.3 is 0 Å². The first-order valence-electron chi connectivity index (χ1n) is 7.62. The largest absolute Gasteiger partial charge is 0.393 e. The summed E-state index contributed by atoms with van der Waals surface area (Å²) in [5, 5.41) is 10.2. The molecule has 0 radical (unpaired) electrons. The number of allylic oxidation sites excluding steroid dienone is 1. The summed E-state index contributed by atoms with van der Waals surface area (Å²) in [6.07, 6.45) is 14.4. The number of aliphatic hydroxyl groups excluding tert-OH is 1. The SMILES string of the molecule is CCCCC(CC)CC(O)CC1=CCCCC1. The van der Waals surface area contributed by atoms with Crippen LogP contribution in [-0.2, 0) is 0 Å². The van der Waals surface area contributed by atoms with Crippen molar-refractivity contribution in [3.63, 3.8) is 0 Å². The Morgan fingerprint density at radius 1 is 1.29 bits per heavy atom. The molecule has 0 amide bonds. The van der Waals surface area contributed by atoms with Gasteiger partial charge in [0.25, 0.3) is 0 Å². The Balaban J connectivity index is 2.26. The van der Waals surface area contributed by atoms with Gasteiger partial charge in [-0.3, -0.25) is 0 Å². The summed E-state index contributed by atoms with van der Waals surface area (Å²) in [6, 6.07) is 0. The Hall–Kier alpha value is -0.300. The van der Waals surface area contributed by atoms with E-state index in [9.17, 15) is 5.11 Å². The van der Waals surface area contributed by atoms with Crippen LogP contribution < -0.4 is 0 Å². The third-order valence-corrected chi connectivity index (χ3v) is 4.03. The number of hydrogen-bond acceptors (Lipinski definition) is 1. The molecule has 0 aromatic rings. The summed E-state index contributed by atoms with van der Waals surface area (Å²) in [7, 11) is 0. The molecule has 0 saturated carbocycles. The van der Waals surface area contributed by atoms with E-state index in [0.717, 1.165) is 18.8 Å². The smallest absolute Gasteiger partial charge is 0.0580 e. The molecule has 17 heavy (non-hydrogen) atoms. The molecule has 2 unspecified atom stereocenters. The van der Waals surface area contributed by atoms with Gasteiger partial charge in [0.05, 0.1) is 6.10 Å². The zero-order valence-corrected chi connectivity index (χ0v) is 11.8. The average Bonchev–Trinajstić information content (AvgIpc) is 2.35. The molecular formula is C16H30O. The van der Waals surface area contributed by atoms with Gasteiger partial charge in [0, 0.05) is 0 Å². The number of aliphatic hydroxyl groups is 1. The molecule has 1 heteroatoms. The summed E-state index contributed by atoms with van der Waals surface area (Å²) in [6.45, 7) is 4.50. The second-order valence-corrected chi connectivity index (χ2v) is 5.62. The number of unbranched alkanes of at least 4 members (excludes halogenated alkanes) is 1. The molecule has 0 aliphatic heterocycles. The van der Waals surface area contributed by atoms with E-state index in [0.29, 0.717) is 0 Å². The van der Waals surface area contributed by atoms with E-state index in [1.165, 1.54) is 56.9 Å². The minimum absolute atomic E-state index is 0.0962. The lowest BCUT2D eigenvalue weighted by Gasteiger charge is -2.21. The summed E-state index contributed by atoms with van der Waals surface area (Å²) in [5.74, 6) is 0.731. The summed E-state index contributed by atoms with van der Waals surface area (Å²) < 4.78 is 0. The molecule has 100 valence electrons. The van der Waals surface area contributed by atoms with Crippen molar-refractivity contribution < 1.29 is 5.11 Å².